The summed E-state index contributed by atoms with van der Waals surface area (Å²) < 4.78 is 10.8. The van der Waals surface area contributed by atoms with Gasteiger partial charge in [0.05, 0.1) is 24.6 Å². The molecule has 4 N–H and O–H groups in total. The van der Waals surface area contributed by atoms with Crippen LogP contribution in [0.25, 0.3) is 5.69 Å². The zero-order valence-electron chi connectivity index (χ0n) is 14.2. The average molecular weight is 362 g/mol. The lowest BCUT2D eigenvalue weighted by Gasteiger charge is -2.13. The molecular weight excluding hydrogens is 344 g/mol. The SMILES string of the molecule is CCOC(=O)Nc1ccccc1-n1nnc(C(N)=O)c1NC(=O)OCC. The van der Waals surface area contributed by atoms with Crippen LogP contribution >= 0.6 is 0 Å². The highest BCUT2D eigenvalue weighted by Gasteiger charge is 2.22. The lowest BCUT2D eigenvalue weighted by molar-refractivity contribution is 0.0996. The van der Waals surface area contributed by atoms with E-state index in [2.05, 4.69) is 20.9 Å². The van der Waals surface area contributed by atoms with Crippen LogP contribution in [0.4, 0.5) is 21.1 Å². The number of benzene rings is 1. The van der Waals surface area contributed by atoms with Crippen molar-refractivity contribution in [3.63, 3.8) is 0 Å². The lowest BCUT2D eigenvalue weighted by atomic mass is 10.2. The molecule has 1 aromatic heterocycles. The number of carbonyl (C=O) groups is 3. The van der Waals surface area contributed by atoms with Crippen molar-refractivity contribution in [2.45, 2.75) is 13.8 Å². The molecule has 0 fully saturated rings. The van der Waals surface area contributed by atoms with Crippen molar-refractivity contribution < 1.29 is 23.9 Å². The summed E-state index contributed by atoms with van der Waals surface area (Å²) in [6.45, 7) is 3.62. The van der Waals surface area contributed by atoms with Crippen LogP contribution in [0.5, 0.6) is 0 Å². The maximum atomic E-state index is 11.8. The van der Waals surface area contributed by atoms with Crippen molar-refractivity contribution in [2.24, 2.45) is 5.73 Å². The number of para-hydroxylation sites is 2. The van der Waals surface area contributed by atoms with E-state index in [0.29, 0.717) is 11.4 Å². The molecule has 0 unspecified atom stereocenters. The number of anilines is 2. The van der Waals surface area contributed by atoms with E-state index in [1.807, 2.05) is 0 Å². The highest BCUT2D eigenvalue weighted by molar-refractivity contribution is 5.99. The predicted molar refractivity (Wildman–Crippen MR) is 91.2 cm³/mol. The molecule has 0 aliphatic carbocycles. The molecule has 138 valence electrons. The van der Waals surface area contributed by atoms with Crippen LogP contribution in [0.2, 0.25) is 0 Å². The Kier molecular flexibility index (Phi) is 6.09. The van der Waals surface area contributed by atoms with Gasteiger partial charge in [-0.1, -0.05) is 17.3 Å². The molecule has 3 amide bonds. The summed E-state index contributed by atoms with van der Waals surface area (Å²) in [6, 6.07) is 6.53. The molecule has 1 heterocycles. The van der Waals surface area contributed by atoms with Crippen LogP contribution in [-0.2, 0) is 9.47 Å². The van der Waals surface area contributed by atoms with E-state index < -0.39 is 18.1 Å². The molecule has 11 heteroatoms. The molecule has 0 radical (unpaired) electrons. The fraction of sp³-hybridized carbons (Fsp3) is 0.267. The number of nitrogens with two attached hydrogens (primary N) is 1. The van der Waals surface area contributed by atoms with Crippen molar-refractivity contribution in [3.05, 3.63) is 30.0 Å². The van der Waals surface area contributed by atoms with Gasteiger partial charge in [-0.05, 0) is 26.0 Å². The first-order valence-electron chi connectivity index (χ1n) is 7.70. The van der Waals surface area contributed by atoms with Gasteiger partial charge in [0.1, 0.15) is 0 Å². The van der Waals surface area contributed by atoms with Crippen molar-refractivity contribution in [1.29, 1.82) is 0 Å². The molecule has 0 aliphatic rings. The molecule has 11 nitrogen and oxygen atoms in total. The van der Waals surface area contributed by atoms with Crippen molar-refractivity contribution in [2.75, 3.05) is 23.8 Å². The van der Waals surface area contributed by atoms with Gasteiger partial charge in [0.2, 0.25) is 0 Å². The van der Waals surface area contributed by atoms with Crippen LogP contribution in [-0.4, -0.2) is 46.3 Å². The first-order chi connectivity index (χ1) is 12.5. The van der Waals surface area contributed by atoms with E-state index in [-0.39, 0.29) is 24.7 Å². The van der Waals surface area contributed by atoms with Crippen LogP contribution in [0, 0.1) is 0 Å². The van der Waals surface area contributed by atoms with E-state index in [4.69, 9.17) is 15.2 Å². The predicted octanol–water partition coefficient (Wildman–Crippen LogP) is 1.50. The zero-order chi connectivity index (χ0) is 19.1. The minimum absolute atomic E-state index is 0.0888. The molecule has 0 saturated heterocycles. The Morgan fingerprint density at radius 3 is 2.31 bits per heavy atom. The zero-order valence-corrected chi connectivity index (χ0v) is 14.2. The molecule has 0 saturated carbocycles. The number of hydrogen-bond acceptors (Lipinski definition) is 7. The first kappa shape index (κ1) is 18.7. The van der Waals surface area contributed by atoms with Crippen LogP contribution in [0.15, 0.2) is 24.3 Å². The fourth-order valence-electron chi connectivity index (χ4n) is 2.03. The summed E-state index contributed by atoms with van der Waals surface area (Å²) in [4.78, 5) is 35.1. The number of nitrogens with zero attached hydrogens (tertiary/aromatic N) is 3. The Hall–Kier alpha value is -3.63. The minimum Gasteiger partial charge on any atom is -0.450 e. The number of primary amides is 1. The summed E-state index contributed by atoms with van der Waals surface area (Å²) >= 11 is 0. The van der Waals surface area contributed by atoms with E-state index in [0.717, 1.165) is 4.68 Å². The number of nitrogens with one attached hydrogen (secondary N) is 2. The van der Waals surface area contributed by atoms with Crippen LogP contribution in [0.3, 0.4) is 0 Å². The molecule has 0 aliphatic heterocycles. The molecular formula is C15H18N6O5. The van der Waals surface area contributed by atoms with E-state index in [1.54, 1.807) is 38.1 Å². The Balaban J connectivity index is 2.47. The summed E-state index contributed by atoms with van der Waals surface area (Å²) in [7, 11) is 0. The number of rotatable bonds is 6. The summed E-state index contributed by atoms with van der Waals surface area (Å²) in [6.07, 6.45) is -1.48. The standard InChI is InChI=1S/C15H18N6O5/c1-3-25-14(23)17-9-7-5-6-8-10(9)21-13(18-15(24)26-4-2)11(12(16)22)19-20-21/h5-8H,3-4H2,1-2H3,(H2,16,22)(H,17,23)(H,18,24). The normalized spacial score (nSPS) is 10.1. The van der Waals surface area contributed by atoms with Gasteiger partial charge in [-0.3, -0.25) is 15.4 Å². The monoisotopic (exact) mass is 362 g/mol. The third kappa shape index (κ3) is 4.26. The van der Waals surface area contributed by atoms with Gasteiger partial charge in [0.25, 0.3) is 5.91 Å². The molecule has 2 aromatic rings. The Morgan fingerprint density at radius 1 is 1.08 bits per heavy atom. The Morgan fingerprint density at radius 2 is 1.69 bits per heavy atom. The van der Waals surface area contributed by atoms with Crippen LogP contribution in [0.1, 0.15) is 24.3 Å². The molecule has 0 bridgehead atoms. The van der Waals surface area contributed by atoms with E-state index >= 15 is 0 Å². The minimum atomic E-state index is -0.890. The van der Waals surface area contributed by atoms with Gasteiger partial charge in [0, 0.05) is 0 Å². The van der Waals surface area contributed by atoms with Gasteiger partial charge < -0.3 is 15.2 Å². The van der Waals surface area contributed by atoms with E-state index in [1.165, 1.54) is 0 Å². The first-order valence-corrected chi connectivity index (χ1v) is 7.70. The molecule has 26 heavy (non-hydrogen) atoms. The molecule has 1 aromatic carbocycles. The van der Waals surface area contributed by atoms with Gasteiger partial charge >= 0.3 is 12.2 Å². The number of amides is 3. The number of ether oxygens (including phenoxy) is 2. The van der Waals surface area contributed by atoms with Crippen LogP contribution < -0.4 is 16.4 Å². The summed E-state index contributed by atoms with van der Waals surface area (Å²) in [5.41, 5.74) is 5.66. The number of carbonyl (C=O) groups excluding carboxylic acids is 3. The lowest BCUT2D eigenvalue weighted by Crippen LogP contribution is -2.21. The number of aromatic nitrogens is 3. The smallest absolute Gasteiger partial charge is 0.412 e. The fourth-order valence-corrected chi connectivity index (χ4v) is 2.03. The molecule has 2 rings (SSSR count). The third-order valence-corrected chi connectivity index (χ3v) is 3.04. The van der Waals surface area contributed by atoms with Gasteiger partial charge in [-0.25, -0.2) is 9.59 Å². The second-order valence-electron chi connectivity index (χ2n) is 4.77. The maximum Gasteiger partial charge on any atom is 0.412 e. The van der Waals surface area contributed by atoms with Gasteiger partial charge in [-0.15, -0.1) is 5.10 Å². The topological polar surface area (TPSA) is 150 Å². The van der Waals surface area contributed by atoms with Crippen molar-refractivity contribution in [3.8, 4) is 5.69 Å². The van der Waals surface area contributed by atoms with Crippen molar-refractivity contribution >= 4 is 29.6 Å². The van der Waals surface area contributed by atoms with E-state index in [9.17, 15) is 14.4 Å². The largest absolute Gasteiger partial charge is 0.450 e. The van der Waals surface area contributed by atoms with Crippen molar-refractivity contribution in [1.82, 2.24) is 15.0 Å². The Bertz CT molecular complexity index is 819. The van der Waals surface area contributed by atoms with Gasteiger partial charge in [0.15, 0.2) is 11.5 Å². The highest BCUT2D eigenvalue weighted by atomic mass is 16.6. The molecule has 0 atom stereocenters. The number of hydrogen-bond donors (Lipinski definition) is 3. The quantitative estimate of drug-likeness (QED) is 0.704. The second kappa shape index (κ2) is 8.46. The summed E-state index contributed by atoms with van der Waals surface area (Å²) in [5.74, 6) is -0.979. The highest BCUT2D eigenvalue weighted by Crippen LogP contribution is 2.25. The Labute approximate surface area is 148 Å². The van der Waals surface area contributed by atoms with Gasteiger partial charge in [-0.2, -0.15) is 4.68 Å². The second-order valence-corrected chi connectivity index (χ2v) is 4.77. The maximum absolute atomic E-state index is 11.8. The average Bonchev–Trinajstić information content (AvgIpc) is 2.99. The third-order valence-electron chi connectivity index (χ3n) is 3.04. The summed E-state index contributed by atoms with van der Waals surface area (Å²) in [5, 5.41) is 12.4. The molecule has 0 spiro atoms.